The van der Waals surface area contributed by atoms with Crippen molar-refractivity contribution in [2.75, 3.05) is 5.32 Å². The first-order valence-corrected chi connectivity index (χ1v) is 8.31. The molecule has 3 heterocycles. The summed E-state index contributed by atoms with van der Waals surface area (Å²) in [5.41, 5.74) is 2.39. The van der Waals surface area contributed by atoms with Gasteiger partial charge in [-0.05, 0) is 29.8 Å². The lowest BCUT2D eigenvalue weighted by Crippen LogP contribution is -2.14. The summed E-state index contributed by atoms with van der Waals surface area (Å²) in [4.78, 5) is 19.4. The number of amides is 1. The van der Waals surface area contributed by atoms with Crippen LogP contribution in [0.25, 0.3) is 21.6 Å². The molecular formula is C17H12FN5OS. The first-order valence-electron chi connectivity index (χ1n) is 7.49. The highest BCUT2D eigenvalue weighted by Gasteiger charge is 2.13. The molecule has 4 aromatic rings. The summed E-state index contributed by atoms with van der Waals surface area (Å²) in [6, 6.07) is 9.63. The number of nitrogens with zero attached hydrogens (tertiary/aromatic N) is 3. The fourth-order valence-electron chi connectivity index (χ4n) is 2.47. The first kappa shape index (κ1) is 15.4. The highest BCUT2D eigenvalue weighted by Crippen LogP contribution is 2.31. The maximum absolute atomic E-state index is 12.9. The predicted octanol–water partition coefficient (Wildman–Crippen LogP) is 3.40. The van der Waals surface area contributed by atoms with Gasteiger partial charge < -0.3 is 10.3 Å². The lowest BCUT2D eigenvalue weighted by Gasteiger charge is -2.01. The molecule has 1 aromatic carbocycles. The van der Waals surface area contributed by atoms with Gasteiger partial charge in [-0.2, -0.15) is 0 Å². The van der Waals surface area contributed by atoms with Gasteiger partial charge in [0.2, 0.25) is 11.0 Å². The molecule has 0 radical (unpaired) electrons. The van der Waals surface area contributed by atoms with Gasteiger partial charge in [0, 0.05) is 23.3 Å². The molecule has 6 nitrogen and oxygen atoms in total. The van der Waals surface area contributed by atoms with E-state index in [0.717, 1.165) is 22.2 Å². The minimum Gasteiger partial charge on any atom is -0.345 e. The van der Waals surface area contributed by atoms with Crippen LogP contribution in [-0.4, -0.2) is 26.1 Å². The molecule has 0 aliphatic carbocycles. The number of hydrogen-bond donors (Lipinski definition) is 2. The molecule has 3 aromatic heterocycles. The lowest BCUT2D eigenvalue weighted by molar-refractivity contribution is -0.115. The summed E-state index contributed by atoms with van der Waals surface area (Å²) in [6.07, 6.45) is 3.68. The number of fused-ring (bicyclic) bond motifs is 1. The second kappa shape index (κ2) is 6.40. The average molecular weight is 353 g/mol. The smallest absolute Gasteiger partial charge is 0.230 e. The number of nitrogens with one attached hydrogen (secondary N) is 2. The van der Waals surface area contributed by atoms with Crippen molar-refractivity contribution in [1.82, 2.24) is 20.2 Å². The minimum absolute atomic E-state index is 0.145. The van der Waals surface area contributed by atoms with E-state index in [1.807, 2.05) is 18.3 Å². The zero-order valence-electron chi connectivity index (χ0n) is 12.9. The molecule has 0 bridgehead atoms. The highest BCUT2D eigenvalue weighted by molar-refractivity contribution is 7.18. The Balaban J connectivity index is 1.49. The van der Waals surface area contributed by atoms with Crippen LogP contribution in [0.3, 0.4) is 0 Å². The Hall–Kier alpha value is -3.13. The number of aromatic amines is 1. The Bertz CT molecular complexity index is 1040. The van der Waals surface area contributed by atoms with E-state index < -0.39 is 0 Å². The van der Waals surface area contributed by atoms with Crippen molar-refractivity contribution in [2.24, 2.45) is 0 Å². The van der Waals surface area contributed by atoms with Gasteiger partial charge in [0.1, 0.15) is 11.5 Å². The highest BCUT2D eigenvalue weighted by atomic mass is 32.1. The van der Waals surface area contributed by atoms with Gasteiger partial charge in [-0.1, -0.05) is 23.5 Å². The second-order valence-corrected chi connectivity index (χ2v) is 6.34. The monoisotopic (exact) mass is 353 g/mol. The van der Waals surface area contributed by atoms with Crippen LogP contribution in [0.1, 0.15) is 5.56 Å². The standard InChI is InChI=1S/C17H12FN5OS/c18-11-5-3-10(4-6-11)8-14(24)21-17-23-22-16(25-17)13-9-20-15-12(13)2-1-7-19-15/h1-7,9H,8H2,(H,19,20)(H,21,23,24). The molecule has 0 aliphatic rings. The molecule has 0 atom stereocenters. The number of hydrogen-bond acceptors (Lipinski definition) is 5. The normalized spacial score (nSPS) is 10.9. The number of carbonyl (C=O) groups excluding carboxylic acids is 1. The van der Waals surface area contributed by atoms with Crippen LogP contribution < -0.4 is 5.32 Å². The third kappa shape index (κ3) is 3.24. The van der Waals surface area contributed by atoms with Gasteiger partial charge in [0.15, 0.2) is 5.01 Å². The Morgan fingerprint density at radius 3 is 2.88 bits per heavy atom. The number of H-pyrrole nitrogens is 1. The molecule has 0 fully saturated rings. The zero-order chi connectivity index (χ0) is 17.2. The third-order valence-corrected chi connectivity index (χ3v) is 4.50. The van der Waals surface area contributed by atoms with Crippen LogP contribution in [0.4, 0.5) is 9.52 Å². The Labute approximate surface area is 145 Å². The number of halogens is 1. The summed E-state index contributed by atoms with van der Waals surface area (Å²) >= 11 is 1.28. The van der Waals surface area contributed by atoms with Gasteiger partial charge in [-0.25, -0.2) is 9.37 Å². The minimum atomic E-state index is -0.328. The molecule has 0 saturated heterocycles. The average Bonchev–Trinajstić information content (AvgIpc) is 3.23. The first-order chi connectivity index (χ1) is 12.2. The molecule has 4 rings (SSSR count). The zero-order valence-corrected chi connectivity index (χ0v) is 13.7. The Morgan fingerprint density at radius 2 is 2.04 bits per heavy atom. The van der Waals surface area contributed by atoms with Crippen molar-refractivity contribution in [3.63, 3.8) is 0 Å². The van der Waals surface area contributed by atoms with Gasteiger partial charge in [-0.15, -0.1) is 10.2 Å². The Morgan fingerprint density at radius 1 is 1.20 bits per heavy atom. The maximum atomic E-state index is 12.9. The lowest BCUT2D eigenvalue weighted by atomic mass is 10.1. The number of benzene rings is 1. The van der Waals surface area contributed by atoms with Gasteiger partial charge in [0.25, 0.3) is 0 Å². The van der Waals surface area contributed by atoms with E-state index in [1.54, 1.807) is 18.3 Å². The van der Waals surface area contributed by atoms with Crippen LogP contribution in [0, 0.1) is 5.82 Å². The summed E-state index contributed by atoms with van der Waals surface area (Å²) in [7, 11) is 0. The predicted molar refractivity (Wildman–Crippen MR) is 93.7 cm³/mol. The molecule has 2 N–H and O–H groups in total. The largest absolute Gasteiger partial charge is 0.345 e. The fourth-order valence-corrected chi connectivity index (χ4v) is 3.26. The molecule has 0 saturated carbocycles. The summed E-state index contributed by atoms with van der Waals surface area (Å²) in [6.45, 7) is 0. The van der Waals surface area contributed by atoms with Gasteiger partial charge >= 0.3 is 0 Å². The SMILES string of the molecule is O=C(Cc1ccc(F)cc1)Nc1nnc(-c2c[nH]c3ncccc23)s1. The molecular weight excluding hydrogens is 341 g/mol. The van der Waals surface area contributed by atoms with Crippen molar-refractivity contribution >= 4 is 33.4 Å². The quantitative estimate of drug-likeness (QED) is 0.589. The summed E-state index contributed by atoms with van der Waals surface area (Å²) in [5, 5.41) is 12.9. The van der Waals surface area contributed by atoms with Crippen LogP contribution in [-0.2, 0) is 11.2 Å². The van der Waals surface area contributed by atoms with E-state index in [1.165, 1.54) is 23.5 Å². The van der Waals surface area contributed by atoms with E-state index in [-0.39, 0.29) is 18.1 Å². The number of rotatable bonds is 4. The van der Waals surface area contributed by atoms with E-state index in [4.69, 9.17) is 0 Å². The fraction of sp³-hybridized carbons (Fsp3) is 0.0588. The van der Waals surface area contributed by atoms with E-state index in [0.29, 0.717) is 10.1 Å². The van der Waals surface area contributed by atoms with E-state index >= 15 is 0 Å². The maximum Gasteiger partial charge on any atom is 0.230 e. The molecule has 1 amide bonds. The third-order valence-electron chi connectivity index (χ3n) is 3.63. The van der Waals surface area contributed by atoms with E-state index in [2.05, 4.69) is 25.5 Å². The van der Waals surface area contributed by atoms with Crippen LogP contribution >= 0.6 is 11.3 Å². The topological polar surface area (TPSA) is 83.6 Å². The molecule has 8 heteroatoms. The molecule has 0 aliphatic heterocycles. The number of carbonyl (C=O) groups is 1. The van der Waals surface area contributed by atoms with Crippen LogP contribution in [0.5, 0.6) is 0 Å². The molecule has 0 spiro atoms. The van der Waals surface area contributed by atoms with Crippen molar-refractivity contribution in [2.45, 2.75) is 6.42 Å². The molecule has 124 valence electrons. The number of anilines is 1. The molecule has 25 heavy (non-hydrogen) atoms. The van der Waals surface area contributed by atoms with Crippen molar-refractivity contribution in [3.8, 4) is 10.6 Å². The van der Waals surface area contributed by atoms with Gasteiger partial charge in [0.05, 0.1) is 6.42 Å². The van der Waals surface area contributed by atoms with Crippen molar-refractivity contribution in [1.29, 1.82) is 0 Å². The van der Waals surface area contributed by atoms with Crippen molar-refractivity contribution in [3.05, 3.63) is 60.2 Å². The van der Waals surface area contributed by atoms with Crippen LogP contribution in [0.15, 0.2) is 48.8 Å². The summed E-state index contributed by atoms with van der Waals surface area (Å²) in [5.74, 6) is -0.555. The Kier molecular flexibility index (Phi) is 3.95. The van der Waals surface area contributed by atoms with Gasteiger partial charge in [-0.3, -0.25) is 4.79 Å². The van der Waals surface area contributed by atoms with Crippen molar-refractivity contribution < 1.29 is 9.18 Å². The van der Waals surface area contributed by atoms with Crippen LogP contribution in [0.2, 0.25) is 0 Å². The molecule has 0 unspecified atom stereocenters. The second-order valence-electron chi connectivity index (χ2n) is 5.37. The van der Waals surface area contributed by atoms with E-state index in [9.17, 15) is 9.18 Å². The number of aromatic nitrogens is 4. The number of pyridine rings is 1. The summed E-state index contributed by atoms with van der Waals surface area (Å²) < 4.78 is 12.9.